The van der Waals surface area contributed by atoms with Crippen LogP contribution >= 0.6 is 15.9 Å². The molecule has 2 rings (SSSR count). The van der Waals surface area contributed by atoms with E-state index in [1.54, 1.807) is 12.5 Å². The van der Waals surface area contributed by atoms with Crippen LogP contribution in [0, 0.1) is 6.92 Å². The van der Waals surface area contributed by atoms with Crippen molar-refractivity contribution in [2.24, 2.45) is 0 Å². The molecule has 0 aliphatic carbocycles. The van der Waals surface area contributed by atoms with Crippen molar-refractivity contribution in [2.45, 2.75) is 13.5 Å². The van der Waals surface area contributed by atoms with E-state index in [4.69, 9.17) is 4.42 Å². The van der Waals surface area contributed by atoms with Gasteiger partial charge in [-0.15, -0.1) is 0 Å². The first-order valence-electron chi connectivity index (χ1n) is 4.64. The van der Waals surface area contributed by atoms with E-state index in [0.29, 0.717) is 0 Å². The average molecular weight is 267 g/mol. The van der Waals surface area contributed by atoms with Gasteiger partial charge in [-0.3, -0.25) is 0 Å². The third-order valence-electron chi connectivity index (χ3n) is 2.08. The average Bonchev–Trinajstić information content (AvgIpc) is 2.73. The minimum atomic E-state index is 0.727. The predicted molar refractivity (Wildman–Crippen MR) is 62.7 cm³/mol. The Morgan fingerprint density at radius 3 is 2.93 bits per heavy atom. The molecule has 2 aromatic rings. The lowest BCUT2D eigenvalue weighted by Gasteiger charge is -2.05. The van der Waals surface area contributed by atoms with Crippen molar-refractivity contribution in [3.05, 3.63) is 46.5 Å². The van der Waals surface area contributed by atoms with E-state index in [0.717, 1.165) is 28.1 Å². The number of hydrogen-bond acceptors (Lipinski definition) is 3. The summed E-state index contributed by atoms with van der Waals surface area (Å²) in [4.78, 5) is 4.38. The van der Waals surface area contributed by atoms with Crippen LogP contribution in [-0.2, 0) is 6.54 Å². The molecule has 1 N–H and O–H groups in total. The summed E-state index contributed by atoms with van der Waals surface area (Å²) < 4.78 is 6.00. The molecule has 0 unspecified atom stereocenters. The summed E-state index contributed by atoms with van der Waals surface area (Å²) in [7, 11) is 0. The Hall–Kier alpha value is -1.29. The summed E-state index contributed by atoms with van der Waals surface area (Å²) >= 11 is 3.41. The molecule has 0 amide bonds. The number of halogens is 1. The summed E-state index contributed by atoms with van der Waals surface area (Å²) in [6.07, 6.45) is 3.38. The highest BCUT2D eigenvalue weighted by molar-refractivity contribution is 9.10. The quantitative estimate of drug-likeness (QED) is 0.926. The van der Waals surface area contributed by atoms with Crippen molar-refractivity contribution in [3.8, 4) is 0 Å². The Balaban J connectivity index is 2.02. The van der Waals surface area contributed by atoms with Crippen molar-refractivity contribution in [2.75, 3.05) is 5.32 Å². The van der Waals surface area contributed by atoms with E-state index in [9.17, 15) is 0 Å². The van der Waals surface area contributed by atoms with Crippen molar-refractivity contribution in [3.63, 3.8) is 0 Å². The van der Waals surface area contributed by atoms with Gasteiger partial charge in [0.05, 0.1) is 18.2 Å². The molecule has 0 aliphatic heterocycles. The molecular weight excluding hydrogens is 256 g/mol. The smallest absolute Gasteiger partial charge is 0.126 e. The molecule has 2 aromatic heterocycles. The summed E-state index contributed by atoms with van der Waals surface area (Å²) in [5, 5.41) is 3.22. The van der Waals surface area contributed by atoms with E-state index in [1.165, 1.54) is 0 Å². The maximum atomic E-state index is 4.98. The molecule has 4 heteroatoms. The Bertz CT molecular complexity index is 440. The zero-order chi connectivity index (χ0) is 10.7. The maximum absolute atomic E-state index is 4.98. The Labute approximate surface area is 96.6 Å². The summed E-state index contributed by atoms with van der Waals surface area (Å²) in [6, 6.07) is 5.86. The molecule has 0 bridgehead atoms. The number of furan rings is 1. The predicted octanol–water partition coefficient (Wildman–Crippen LogP) is 3.36. The number of rotatable bonds is 3. The van der Waals surface area contributed by atoms with E-state index < -0.39 is 0 Å². The van der Waals surface area contributed by atoms with E-state index >= 15 is 0 Å². The Kier molecular flexibility index (Phi) is 3.06. The lowest BCUT2D eigenvalue weighted by atomic mass is 10.3. The van der Waals surface area contributed by atoms with E-state index in [-0.39, 0.29) is 0 Å². The molecule has 2 heterocycles. The number of anilines is 1. The largest absolute Gasteiger partial charge is 0.472 e. The van der Waals surface area contributed by atoms with Crippen LogP contribution < -0.4 is 5.32 Å². The number of hydrogen-bond donors (Lipinski definition) is 1. The summed E-state index contributed by atoms with van der Waals surface area (Å²) in [5.41, 5.74) is 2.09. The molecular formula is C11H11BrN2O. The maximum Gasteiger partial charge on any atom is 0.126 e. The standard InChI is InChI=1S/C11H11BrN2O/c1-8-10(12)2-3-11(14-8)13-6-9-4-5-15-7-9/h2-5,7H,6H2,1H3,(H,13,14). The van der Waals surface area contributed by atoms with Gasteiger partial charge >= 0.3 is 0 Å². The third-order valence-corrected chi connectivity index (χ3v) is 2.91. The number of nitrogens with one attached hydrogen (secondary N) is 1. The fraction of sp³-hybridized carbons (Fsp3) is 0.182. The molecule has 3 nitrogen and oxygen atoms in total. The minimum absolute atomic E-state index is 0.727. The number of pyridine rings is 1. The first kappa shape index (κ1) is 10.2. The van der Waals surface area contributed by atoms with Crippen LogP contribution in [-0.4, -0.2) is 4.98 Å². The zero-order valence-corrected chi connectivity index (χ0v) is 9.91. The van der Waals surface area contributed by atoms with Crippen LogP contribution in [0.2, 0.25) is 0 Å². The summed E-state index contributed by atoms with van der Waals surface area (Å²) in [6.45, 7) is 2.69. The van der Waals surface area contributed by atoms with E-state index in [1.807, 2.05) is 25.1 Å². The van der Waals surface area contributed by atoms with Gasteiger partial charge in [0.2, 0.25) is 0 Å². The fourth-order valence-electron chi connectivity index (χ4n) is 1.23. The first-order valence-corrected chi connectivity index (χ1v) is 5.43. The van der Waals surface area contributed by atoms with Crippen molar-refractivity contribution in [1.29, 1.82) is 0 Å². The molecule has 0 atom stereocenters. The summed E-state index contributed by atoms with van der Waals surface area (Å²) in [5.74, 6) is 0.872. The fourth-order valence-corrected chi connectivity index (χ4v) is 1.45. The number of aromatic nitrogens is 1. The monoisotopic (exact) mass is 266 g/mol. The van der Waals surface area contributed by atoms with Crippen molar-refractivity contribution in [1.82, 2.24) is 4.98 Å². The van der Waals surface area contributed by atoms with Crippen molar-refractivity contribution < 1.29 is 4.42 Å². The Morgan fingerprint density at radius 2 is 2.27 bits per heavy atom. The normalized spacial score (nSPS) is 10.3. The lowest BCUT2D eigenvalue weighted by molar-refractivity contribution is 0.564. The molecule has 78 valence electrons. The van der Waals surface area contributed by atoms with Gasteiger partial charge in [-0.25, -0.2) is 4.98 Å². The minimum Gasteiger partial charge on any atom is -0.472 e. The molecule has 0 saturated heterocycles. The second-order valence-electron chi connectivity index (χ2n) is 3.25. The van der Waals surface area contributed by atoms with Crippen LogP contribution in [0.3, 0.4) is 0 Å². The van der Waals surface area contributed by atoms with Crippen LogP contribution in [0.1, 0.15) is 11.3 Å². The highest BCUT2D eigenvalue weighted by Crippen LogP contribution is 2.16. The number of aryl methyl sites for hydroxylation is 1. The van der Waals surface area contributed by atoms with Gasteiger partial charge in [-0.2, -0.15) is 0 Å². The van der Waals surface area contributed by atoms with Crippen LogP contribution in [0.5, 0.6) is 0 Å². The Morgan fingerprint density at radius 1 is 1.40 bits per heavy atom. The highest BCUT2D eigenvalue weighted by Gasteiger charge is 1.99. The van der Waals surface area contributed by atoms with Crippen molar-refractivity contribution >= 4 is 21.7 Å². The molecule has 0 spiro atoms. The molecule has 0 radical (unpaired) electrons. The van der Waals surface area contributed by atoms with Crippen LogP contribution in [0.4, 0.5) is 5.82 Å². The molecule has 0 saturated carbocycles. The second-order valence-corrected chi connectivity index (χ2v) is 4.10. The van der Waals surface area contributed by atoms with Crippen LogP contribution in [0.25, 0.3) is 0 Å². The molecule has 0 fully saturated rings. The van der Waals surface area contributed by atoms with Gasteiger partial charge in [0.15, 0.2) is 0 Å². The molecule has 0 aromatic carbocycles. The topological polar surface area (TPSA) is 38.1 Å². The lowest BCUT2D eigenvalue weighted by Crippen LogP contribution is -2.01. The van der Waals surface area contributed by atoms with Gasteiger partial charge in [-0.05, 0) is 41.1 Å². The van der Waals surface area contributed by atoms with Gasteiger partial charge in [0.25, 0.3) is 0 Å². The number of nitrogens with zero attached hydrogens (tertiary/aromatic N) is 1. The van der Waals surface area contributed by atoms with E-state index in [2.05, 4.69) is 26.2 Å². The molecule has 0 aliphatic rings. The van der Waals surface area contributed by atoms with Gasteiger partial charge < -0.3 is 9.73 Å². The first-order chi connectivity index (χ1) is 7.25. The zero-order valence-electron chi connectivity index (χ0n) is 8.33. The second kappa shape index (κ2) is 4.49. The highest BCUT2D eigenvalue weighted by atomic mass is 79.9. The van der Waals surface area contributed by atoms with Gasteiger partial charge in [0, 0.05) is 16.6 Å². The van der Waals surface area contributed by atoms with Gasteiger partial charge in [-0.1, -0.05) is 0 Å². The third kappa shape index (κ3) is 2.59. The SMILES string of the molecule is Cc1nc(NCc2ccoc2)ccc1Br. The van der Waals surface area contributed by atoms with Gasteiger partial charge in [0.1, 0.15) is 5.82 Å². The molecule has 15 heavy (non-hydrogen) atoms. The van der Waals surface area contributed by atoms with Crippen LogP contribution in [0.15, 0.2) is 39.6 Å².